The van der Waals surface area contributed by atoms with Gasteiger partial charge in [0.05, 0.1) is 11.7 Å². The first-order valence-electron chi connectivity index (χ1n) is 11.6. The summed E-state index contributed by atoms with van der Waals surface area (Å²) in [6, 6.07) is 3.36. The lowest BCUT2D eigenvalue weighted by Crippen LogP contribution is -2.47. The lowest BCUT2D eigenvalue weighted by molar-refractivity contribution is 0.199. The molecule has 2 aromatic heterocycles. The summed E-state index contributed by atoms with van der Waals surface area (Å²) in [6.07, 6.45) is 8.32. The SMILES string of the molecule is Cc1cc(F)c2[nH]cc(-c3ncc(F)c(NC4CCC[C@@H](NC(=O)N5CCCC5)C4)n3)c2c1. The van der Waals surface area contributed by atoms with Crippen LogP contribution in [0.25, 0.3) is 22.3 Å². The number of anilines is 1. The van der Waals surface area contributed by atoms with Gasteiger partial charge >= 0.3 is 6.03 Å². The predicted octanol–water partition coefficient (Wildman–Crippen LogP) is 4.74. The highest BCUT2D eigenvalue weighted by molar-refractivity contribution is 5.94. The number of amides is 2. The van der Waals surface area contributed by atoms with E-state index >= 15 is 0 Å². The third-order valence-corrected chi connectivity index (χ3v) is 6.61. The number of halogens is 2. The lowest BCUT2D eigenvalue weighted by atomic mass is 9.91. The molecule has 2 fully saturated rings. The average molecular weight is 455 g/mol. The molecule has 9 heteroatoms. The van der Waals surface area contributed by atoms with Crippen LogP contribution in [0.4, 0.5) is 19.4 Å². The quantitative estimate of drug-likeness (QED) is 0.532. The molecule has 0 bridgehead atoms. The number of H-pyrrole nitrogens is 1. The van der Waals surface area contributed by atoms with E-state index < -0.39 is 5.82 Å². The number of benzene rings is 1. The number of fused-ring (bicyclic) bond motifs is 1. The number of urea groups is 1. The van der Waals surface area contributed by atoms with Gasteiger partial charge in [-0.1, -0.05) is 0 Å². The van der Waals surface area contributed by atoms with Gasteiger partial charge in [-0.25, -0.2) is 23.5 Å². The van der Waals surface area contributed by atoms with Crippen LogP contribution in [-0.2, 0) is 0 Å². The number of aromatic amines is 1. The van der Waals surface area contributed by atoms with E-state index in [0.29, 0.717) is 28.7 Å². The minimum absolute atomic E-state index is 0.00415. The number of carbonyl (C=O) groups excluding carboxylic acids is 1. The fourth-order valence-corrected chi connectivity index (χ4v) is 4.94. The van der Waals surface area contributed by atoms with Crippen LogP contribution < -0.4 is 10.6 Å². The van der Waals surface area contributed by atoms with Crippen LogP contribution in [-0.4, -0.2) is 51.1 Å². The summed E-state index contributed by atoms with van der Waals surface area (Å²) in [5.41, 5.74) is 1.78. The molecule has 174 valence electrons. The topological polar surface area (TPSA) is 85.9 Å². The van der Waals surface area contributed by atoms with Crippen molar-refractivity contribution in [2.45, 2.75) is 57.5 Å². The number of nitrogens with zero attached hydrogens (tertiary/aromatic N) is 3. The zero-order valence-corrected chi connectivity index (χ0v) is 18.6. The van der Waals surface area contributed by atoms with Gasteiger partial charge < -0.3 is 20.5 Å². The number of likely N-dealkylation sites (tertiary alicyclic amines) is 1. The largest absolute Gasteiger partial charge is 0.365 e. The molecule has 0 radical (unpaired) electrons. The summed E-state index contributed by atoms with van der Waals surface area (Å²) in [6.45, 7) is 3.44. The van der Waals surface area contributed by atoms with Crippen LogP contribution in [0.2, 0.25) is 0 Å². The van der Waals surface area contributed by atoms with E-state index in [2.05, 4.69) is 25.6 Å². The van der Waals surface area contributed by atoms with Crippen molar-refractivity contribution >= 4 is 22.8 Å². The molecule has 2 atom stereocenters. The van der Waals surface area contributed by atoms with Crippen LogP contribution in [0.15, 0.2) is 24.5 Å². The number of carbonyl (C=O) groups is 1. The highest BCUT2D eigenvalue weighted by Gasteiger charge is 2.27. The Bertz CT molecular complexity index is 1170. The zero-order chi connectivity index (χ0) is 22.9. The number of hydrogen-bond donors (Lipinski definition) is 3. The van der Waals surface area contributed by atoms with E-state index in [1.54, 1.807) is 6.20 Å². The summed E-state index contributed by atoms with van der Waals surface area (Å²) in [7, 11) is 0. The molecule has 7 nitrogen and oxygen atoms in total. The second kappa shape index (κ2) is 8.96. The Morgan fingerprint density at radius 1 is 1.12 bits per heavy atom. The van der Waals surface area contributed by atoms with Gasteiger partial charge in [0.25, 0.3) is 0 Å². The lowest BCUT2D eigenvalue weighted by Gasteiger charge is -2.32. The van der Waals surface area contributed by atoms with Crippen LogP contribution in [0.5, 0.6) is 0 Å². The summed E-state index contributed by atoms with van der Waals surface area (Å²) < 4.78 is 28.9. The van der Waals surface area contributed by atoms with Crippen molar-refractivity contribution in [3.63, 3.8) is 0 Å². The van der Waals surface area contributed by atoms with Gasteiger partial charge in [0.15, 0.2) is 17.5 Å². The van der Waals surface area contributed by atoms with E-state index in [1.807, 2.05) is 17.9 Å². The van der Waals surface area contributed by atoms with E-state index in [-0.39, 0.29) is 29.7 Å². The van der Waals surface area contributed by atoms with E-state index in [1.165, 1.54) is 6.07 Å². The molecular formula is C24H28F2N6O. The van der Waals surface area contributed by atoms with Crippen LogP contribution in [0, 0.1) is 18.6 Å². The Kier molecular flexibility index (Phi) is 5.86. The molecule has 3 N–H and O–H groups in total. The predicted molar refractivity (Wildman–Crippen MR) is 123 cm³/mol. The highest BCUT2D eigenvalue weighted by atomic mass is 19.1. The molecule has 1 aliphatic heterocycles. The van der Waals surface area contributed by atoms with Crippen LogP contribution >= 0.6 is 0 Å². The Labute approximate surface area is 191 Å². The number of aryl methyl sites for hydroxylation is 1. The first kappa shape index (κ1) is 21.6. The minimum Gasteiger partial charge on any atom is -0.365 e. The fraction of sp³-hybridized carbons (Fsp3) is 0.458. The van der Waals surface area contributed by atoms with E-state index in [0.717, 1.165) is 57.0 Å². The zero-order valence-electron chi connectivity index (χ0n) is 18.6. The van der Waals surface area contributed by atoms with Crippen LogP contribution in [0.3, 0.4) is 0 Å². The first-order chi connectivity index (χ1) is 16.0. The van der Waals surface area contributed by atoms with Gasteiger partial charge in [0, 0.05) is 42.3 Å². The fourth-order valence-electron chi connectivity index (χ4n) is 4.94. The van der Waals surface area contributed by atoms with Crippen molar-refractivity contribution in [2.75, 3.05) is 18.4 Å². The summed E-state index contributed by atoms with van der Waals surface area (Å²) >= 11 is 0. The number of nitrogens with one attached hydrogen (secondary N) is 3. The summed E-state index contributed by atoms with van der Waals surface area (Å²) in [5.74, 6) is -0.436. The molecule has 1 saturated heterocycles. The molecule has 5 rings (SSSR count). The third-order valence-electron chi connectivity index (χ3n) is 6.61. The molecule has 3 aromatic rings. The Hall–Kier alpha value is -3.23. The number of hydrogen-bond acceptors (Lipinski definition) is 4. The van der Waals surface area contributed by atoms with Gasteiger partial charge in [-0.05, 0) is 63.1 Å². The second-order valence-electron chi connectivity index (χ2n) is 9.11. The van der Waals surface area contributed by atoms with E-state index in [9.17, 15) is 13.6 Å². The van der Waals surface area contributed by atoms with Crippen molar-refractivity contribution in [1.82, 2.24) is 25.2 Å². The second-order valence-corrected chi connectivity index (χ2v) is 9.11. The smallest absolute Gasteiger partial charge is 0.317 e. The molecule has 3 heterocycles. The monoisotopic (exact) mass is 454 g/mol. The molecule has 1 aliphatic carbocycles. The van der Waals surface area contributed by atoms with Gasteiger partial charge in [-0.3, -0.25) is 0 Å². The Balaban J connectivity index is 1.32. The first-order valence-corrected chi connectivity index (χ1v) is 11.6. The van der Waals surface area contributed by atoms with E-state index in [4.69, 9.17) is 0 Å². The van der Waals surface area contributed by atoms with Crippen molar-refractivity contribution in [3.05, 3.63) is 41.7 Å². The maximum absolute atomic E-state index is 14.6. The van der Waals surface area contributed by atoms with Crippen LogP contribution in [0.1, 0.15) is 44.1 Å². The maximum Gasteiger partial charge on any atom is 0.317 e. The van der Waals surface area contributed by atoms with Gasteiger partial charge in [-0.15, -0.1) is 0 Å². The van der Waals surface area contributed by atoms with Gasteiger partial charge in [0.1, 0.15) is 5.82 Å². The highest BCUT2D eigenvalue weighted by Crippen LogP contribution is 2.30. The maximum atomic E-state index is 14.6. The third kappa shape index (κ3) is 4.49. The van der Waals surface area contributed by atoms with Crippen molar-refractivity contribution in [3.8, 4) is 11.4 Å². The molecule has 1 saturated carbocycles. The molecule has 1 unspecified atom stereocenters. The summed E-state index contributed by atoms with van der Waals surface area (Å²) in [5, 5.41) is 7.02. The molecule has 33 heavy (non-hydrogen) atoms. The number of rotatable bonds is 4. The number of aromatic nitrogens is 3. The molecule has 2 aliphatic rings. The van der Waals surface area contributed by atoms with Crippen molar-refractivity contribution in [2.24, 2.45) is 0 Å². The standard InChI is InChI=1S/C24H28F2N6O/c1-14-9-17-18(12-27-21(17)19(25)10-14)22-28-13-20(26)23(31-22)29-15-5-4-6-16(11-15)30-24(33)32-7-2-3-8-32/h9-10,12-13,15-16,27H,2-8,11H2,1H3,(H,30,33)(H,28,29,31)/t15?,16-/m1/s1. The normalized spacial score (nSPS) is 20.9. The molecule has 0 spiro atoms. The van der Waals surface area contributed by atoms with Crippen molar-refractivity contribution in [1.29, 1.82) is 0 Å². The summed E-state index contributed by atoms with van der Waals surface area (Å²) in [4.78, 5) is 25.8. The molecule has 2 amide bonds. The Morgan fingerprint density at radius 3 is 2.73 bits per heavy atom. The minimum atomic E-state index is -0.538. The van der Waals surface area contributed by atoms with Gasteiger partial charge in [0.2, 0.25) is 0 Å². The average Bonchev–Trinajstić information content (AvgIpc) is 3.46. The molecule has 1 aromatic carbocycles. The van der Waals surface area contributed by atoms with Crippen molar-refractivity contribution < 1.29 is 13.6 Å². The Morgan fingerprint density at radius 2 is 1.91 bits per heavy atom. The molecular weight excluding hydrogens is 426 g/mol. The van der Waals surface area contributed by atoms with Gasteiger partial charge in [-0.2, -0.15) is 0 Å².